The minimum Gasteiger partial charge on any atom is -0.379 e. The number of ether oxygens (including phenoxy) is 1. The van der Waals surface area contributed by atoms with Crippen molar-refractivity contribution in [3.05, 3.63) is 34.9 Å². The minimum atomic E-state index is 0.283. The van der Waals surface area contributed by atoms with Gasteiger partial charge in [-0.1, -0.05) is 43.6 Å². The van der Waals surface area contributed by atoms with Crippen molar-refractivity contribution in [2.75, 3.05) is 19.7 Å². The molecule has 1 atom stereocenters. The van der Waals surface area contributed by atoms with Gasteiger partial charge in [0.05, 0.1) is 6.10 Å². The van der Waals surface area contributed by atoms with Crippen LogP contribution in [0.5, 0.6) is 0 Å². The molecule has 0 amide bonds. The standard InChI is InChI=1S/C17H28ClNO/c1-13(2)11-19-12-15(9-10-20-14(3)4)16-7-5-6-8-17(16)18/h5-8,13-15,19H,9-12H2,1-4H3. The Labute approximate surface area is 128 Å². The fraction of sp³-hybridized carbons (Fsp3) is 0.647. The molecule has 1 rings (SSSR count). The molecule has 1 N–H and O–H groups in total. The highest BCUT2D eigenvalue weighted by Crippen LogP contribution is 2.26. The Morgan fingerprint density at radius 3 is 2.40 bits per heavy atom. The molecule has 20 heavy (non-hydrogen) atoms. The minimum absolute atomic E-state index is 0.283. The van der Waals surface area contributed by atoms with Gasteiger partial charge in [-0.05, 0) is 50.3 Å². The smallest absolute Gasteiger partial charge is 0.0518 e. The van der Waals surface area contributed by atoms with Crippen LogP contribution in [0.2, 0.25) is 5.02 Å². The van der Waals surface area contributed by atoms with Gasteiger partial charge in [0.25, 0.3) is 0 Å². The summed E-state index contributed by atoms with van der Waals surface area (Å²) < 4.78 is 5.69. The molecule has 1 unspecified atom stereocenters. The van der Waals surface area contributed by atoms with Crippen molar-refractivity contribution in [2.45, 2.75) is 46.1 Å². The average Bonchev–Trinajstić information content (AvgIpc) is 2.37. The fourth-order valence-corrected chi connectivity index (χ4v) is 2.46. The third-order valence-electron chi connectivity index (χ3n) is 3.21. The summed E-state index contributed by atoms with van der Waals surface area (Å²) >= 11 is 6.33. The molecule has 0 aliphatic rings. The molecule has 0 saturated heterocycles. The van der Waals surface area contributed by atoms with E-state index < -0.39 is 0 Å². The monoisotopic (exact) mass is 297 g/mol. The molecule has 0 radical (unpaired) electrons. The van der Waals surface area contributed by atoms with E-state index in [0.717, 1.165) is 31.1 Å². The lowest BCUT2D eigenvalue weighted by Crippen LogP contribution is -2.26. The molecule has 0 spiro atoms. The van der Waals surface area contributed by atoms with E-state index in [0.29, 0.717) is 11.8 Å². The summed E-state index contributed by atoms with van der Waals surface area (Å²) in [4.78, 5) is 0. The van der Waals surface area contributed by atoms with Gasteiger partial charge in [0.2, 0.25) is 0 Å². The summed E-state index contributed by atoms with van der Waals surface area (Å²) in [5.74, 6) is 1.06. The lowest BCUT2D eigenvalue weighted by Gasteiger charge is -2.20. The van der Waals surface area contributed by atoms with Crippen LogP contribution in [-0.2, 0) is 4.74 Å². The van der Waals surface area contributed by atoms with Crippen molar-refractivity contribution in [3.8, 4) is 0 Å². The summed E-state index contributed by atoms with van der Waals surface area (Å²) in [5, 5.41) is 4.39. The molecule has 1 aromatic rings. The third kappa shape index (κ3) is 6.74. The van der Waals surface area contributed by atoms with Crippen molar-refractivity contribution in [1.29, 1.82) is 0 Å². The predicted molar refractivity (Wildman–Crippen MR) is 87.6 cm³/mol. The van der Waals surface area contributed by atoms with E-state index in [9.17, 15) is 0 Å². The molecular weight excluding hydrogens is 270 g/mol. The largest absolute Gasteiger partial charge is 0.379 e. The van der Waals surface area contributed by atoms with Gasteiger partial charge in [-0.2, -0.15) is 0 Å². The molecule has 0 aromatic heterocycles. The maximum absolute atomic E-state index is 6.33. The lowest BCUT2D eigenvalue weighted by molar-refractivity contribution is 0.0732. The normalized spacial score (nSPS) is 13.2. The highest BCUT2D eigenvalue weighted by Gasteiger charge is 2.14. The fourth-order valence-electron chi connectivity index (χ4n) is 2.17. The third-order valence-corrected chi connectivity index (χ3v) is 3.55. The molecule has 0 fully saturated rings. The molecule has 0 saturated carbocycles. The van der Waals surface area contributed by atoms with E-state index in [-0.39, 0.29) is 6.10 Å². The highest BCUT2D eigenvalue weighted by atomic mass is 35.5. The van der Waals surface area contributed by atoms with Gasteiger partial charge in [0.1, 0.15) is 0 Å². The van der Waals surface area contributed by atoms with E-state index in [1.807, 2.05) is 12.1 Å². The first-order chi connectivity index (χ1) is 9.50. The molecule has 2 nitrogen and oxygen atoms in total. The van der Waals surface area contributed by atoms with Gasteiger partial charge in [0, 0.05) is 18.2 Å². The van der Waals surface area contributed by atoms with Crippen molar-refractivity contribution in [2.24, 2.45) is 5.92 Å². The van der Waals surface area contributed by atoms with Crippen LogP contribution in [0.25, 0.3) is 0 Å². The van der Waals surface area contributed by atoms with Crippen LogP contribution in [-0.4, -0.2) is 25.8 Å². The molecular formula is C17H28ClNO. The first kappa shape index (κ1) is 17.5. The van der Waals surface area contributed by atoms with Crippen LogP contribution >= 0.6 is 11.6 Å². The number of rotatable bonds is 9. The Kier molecular flexibility index (Phi) is 8.20. The highest BCUT2D eigenvalue weighted by molar-refractivity contribution is 6.31. The summed E-state index contributed by atoms with van der Waals surface area (Å²) in [7, 11) is 0. The summed E-state index contributed by atoms with van der Waals surface area (Å²) in [5.41, 5.74) is 1.22. The van der Waals surface area contributed by atoms with Crippen molar-refractivity contribution >= 4 is 11.6 Å². The van der Waals surface area contributed by atoms with Gasteiger partial charge >= 0.3 is 0 Å². The maximum atomic E-state index is 6.33. The second-order valence-electron chi connectivity index (χ2n) is 5.98. The molecule has 3 heteroatoms. The first-order valence-corrected chi connectivity index (χ1v) is 7.95. The number of halogens is 1. The van der Waals surface area contributed by atoms with Gasteiger partial charge in [-0.25, -0.2) is 0 Å². The molecule has 0 aliphatic heterocycles. The first-order valence-electron chi connectivity index (χ1n) is 7.57. The van der Waals surface area contributed by atoms with Crippen LogP contribution in [0.15, 0.2) is 24.3 Å². The van der Waals surface area contributed by atoms with E-state index >= 15 is 0 Å². The van der Waals surface area contributed by atoms with Crippen molar-refractivity contribution in [1.82, 2.24) is 5.32 Å². The number of hydrogen-bond acceptors (Lipinski definition) is 2. The van der Waals surface area contributed by atoms with Gasteiger partial charge in [-0.15, -0.1) is 0 Å². The zero-order valence-electron chi connectivity index (χ0n) is 13.2. The summed E-state index contributed by atoms with van der Waals surface area (Å²) in [6, 6.07) is 8.13. The SMILES string of the molecule is CC(C)CNCC(CCOC(C)C)c1ccccc1Cl. The van der Waals surface area contributed by atoms with Crippen molar-refractivity contribution in [3.63, 3.8) is 0 Å². The Morgan fingerprint density at radius 2 is 1.80 bits per heavy atom. The van der Waals surface area contributed by atoms with Crippen LogP contribution in [0.1, 0.15) is 45.6 Å². The Bertz CT molecular complexity index is 365. The van der Waals surface area contributed by atoms with E-state index in [2.05, 4.69) is 45.1 Å². The van der Waals surface area contributed by atoms with E-state index in [1.54, 1.807) is 0 Å². The maximum Gasteiger partial charge on any atom is 0.0518 e. The Hall–Kier alpha value is -0.570. The molecule has 114 valence electrons. The quantitative estimate of drug-likeness (QED) is 0.725. The molecule has 1 aromatic carbocycles. The van der Waals surface area contributed by atoms with E-state index in [1.165, 1.54) is 5.56 Å². The zero-order chi connectivity index (χ0) is 15.0. The lowest BCUT2D eigenvalue weighted by atomic mass is 9.95. The molecule has 0 bridgehead atoms. The second kappa shape index (κ2) is 9.38. The second-order valence-corrected chi connectivity index (χ2v) is 6.39. The topological polar surface area (TPSA) is 21.3 Å². The van der Waals surface area contributed by atoms with Crippen LogP contribution < -0.4 is 5.32 Å². The van der Waals surface area contributed by atoms with Crippen LogP contribution in [0.3, 0.4) is 0 Å². The van der Waals surface area contributed by atoms with E-state index in [4.69, 9.17) is 16.3 Å². The number of benzene rings is 1. The molecule has 0 aliphatic carbocycles. The van der Waals surface area contributed by atoms with Crippen LogP contribution in [0.4, 0.5) is 0 Å². The van der Waals surface area contributed by atoms with Crippen molar-refractivity contribution < 1.29 is 4.74 Å². The van der Waals surface area contributed by atoms with Gasteiger partial charge in [-0.3, -0.25) is 0 Å². The van der Waals surface area contributed by atoms with Gasteiger partial charge in [0.15, 0.2) is 0 Å². The Morgan fingerprint density at radius 1 is 1.10 bits per heavy atom. The zero-order valence-corrected chi connectivity index (χ0v) is 13.9. The Balaban J connectivity index is 2.61. The predicted octanol–water partition coefficient (Wildman–Crippen LogP) is 4.48. The summed E-state index contributed by atoms with van der Waals surface area (Å²) in [6.07, 6.45) is 1.28. The number of hydrogen-bond donors (Lipinski definition) is 1. The average molecular weight is 298 g/mol. The number of nitrogens with one attached hydrogen (secondary N) is 1. The summed E-state index contributed by atoms with van der Waals surface area (Å²) in [6.45, 7) is 11.3. The van der Waals surface area contributed by atoms with Gasteiger partial charge < -0.3 is 10.1 Å². The molecule has 0 heterocycles. The van der Waals surface area contributed by atoms with Crippen LogP contribution in [0, 0.1) is 5.92 Å².